The standard InChI is InChI=1S/C19H23N3O6S/c1-4-6-9-22-16(24)13-8-7-12(17(25)27-3)10-14(13)20-18(22)29-11-15(23)21-19(26)28-5-2/h7-8,10H,4-6,9,11H2,1-3H3,(H,21,23,26). The minimum Gasteiger partial charge on any atom is -0.465 e. The molecule has 10 heteroatoms. The van der Waals surface area contributed by atoms with Crippen LogP contribution in [-0.2, 0) is 20.8 Å². The van der Waals surface area contributed by atoms with Gasteiger partial charge in [0.25, 0.3) is 5.56 Å². The Morgan fingerprint density at radius 3 is 2.66 bits per heavy atom. The van der Waals surface area contributed by atoms with Crippen molar-refractivity contribution in [1.82, 2.24) is 14.9 Å². The largest absolute Gasteiger partial charge is 0.465 e. The molecule has 0 radical (unpaired) electrons. The Kier molecular flexibility index (Phi) is 8.20. The van der Waals surface area contributed by atoms with Gasteiger partial charge in [0.2, 0.25) is 5.91 Å². The van der Waals surface area contributed by atoms with Gasteiger partial charge in [-0.1, -0.05) is 25.1 Å². The lowest BCUT2D eigenvalue weighted by molar-refractivity contribution is -0.117. The number of hydrogen-bond acceptors (Lipinski definition) is 8. The average Bonchev–Trinajstić information content (AvgIpc) is 2.70. The van der Waals surface area contributed by atoms with Crippen molar-refractivity contribution in [3.8, 4) is 0 Å². The number of rotatable bonds is 8. The Hall–Kier alpha value is -2.88. The second-order valence-corrected chi connectivity index (χ2v) is 6.93. The number of nitrogens with zero attached hydrogens (tertiary/aromatic N) is 2. The summed E-state index contributed by atoms with van der Waals surface area (Å²) in [5.74, 6) is -1.22. The molecule has 0 spiro atoms. The molecule has 0 fully saturated rings. The normalized spacial score (nSPS) is 10.6. The summed E-state index contributed by atoms with van der Waals surface area (Å²) in [6.07, 6.45) is 0.811. The zero-order valence-corrected chi connectivity index (χ0v) is 17.3. The van der Waals surface area contributed by atoms with Gasteiger partial charge in [-0.3, -0.25) is 19.5 Å². The van der Waals surface area contributed by atoms with Crippen LogP contribution in [0.2, 0.25) is 0 Å². The SMILES string of the molecule is CCCCn1c(SCC(=O)NC(=O)OCC)nc2cc(C(=O)OC)ccc2c1=O. The molecule has 0 saturated heterocycles. The Labute approximate surface area is 171 Å². The van der Waals surface area contributed by atoms with Gasteiger partial charge < -0.3 is 9.47 Å². The highest BCUT2D eigenvalue weighted by atomic mass is 32.2. The lowest BCUT2D eigenvalue weighted by Crippen LogP contribution is -2.32. The first kappa shape index (κ1) is 22.4. The van der Waals surface area contributed by atoms with Crippen LogP contribution >= 0.6 is 11.8 Å². The van der Waals surface area contributed by atoms with E-state index in [0.717, 1.165) is 24.6 Å². The van der Waals surface area contributed by atoms with Gasteiger partial charge >= 0.3 is 12.1 Å². The summed E-state index contributed by atoms with van der Waals surface area (Å²) in [4.78, 5) is 52.5. The molecule has 1 N–H and O–H groups in total. The molecule has 2 aromatic rings. The van der Waals surface area contributed by atoms with Crippen molar-refractivity contribution in [1.29, 1.82) is 0 Å². The molecule has 1 heterocycles. The number of benzene rings is 1. The molecule has 156 valence electrons. The van der Waals surface area contributed by atoms with E-state index < -0.39 is 18.0 Å². The average molecular weight is 421 g/mol. The van der Waals surface area contributed by atoms with Gasteiger partial charge in [0.1, 0.15) is 0 Å². The first-order valence-corrected chi connectivity index (χ1v) is 10.1. The summed E-state index contributed by atoms with van der Waals surface area (Å²) in [7, 11) is 1.27. The van der Waals surface area contributed by atoms with Crippen molar-refractivity contribution in [2.75, 3.05) is 19.5 Å². The van der Waals surface area contributed by atoms with Crippen molar-refractivity contribution >= 4 is 40.6 Å². The maximum atomic E-state index is 12.9. The van der Waals surface area contributed by atoms with Gasteiger partial charge in [-0.2, -0.15) is 0 Å². The van der Waals surface area contributed by atoms with Crippen LogP contribution in [0.4, 0.5) is 4.79 Å². The molecule has 0 atom stereocenters. The van der Waals surface area contributed by atoms with E-state index in [1.165, 1.54) is 23.8 Å². The molecule has 0 aliphatic heterocycles. The van der Waals surface area contributed by atoms with E-state index in [1.54, 1.807) is 13.0 Å². The second-order valence-electron chi connectivity index (χ2n) is 5.99. The number of nitrogens with one attached hydrogen (secondary N) is 1. The highest BCUT2D eigenvalue weighted by Crippen LogP contribution is 2.19. The van der Waals surface area contributed by atoms with Crippen LogP contribution in [0.15, 0.2) is 28.2 Å². The zero-order chi connectivity index (χ0) is 21.4. The van der Waals surface area contributed by atoms with Gasteiger partial charge in [0.05, 0.1) is 35.9 Å². The molecule has 0 aliphatic carbocycles. The van der Waals surface area contributed by atoms with Gasteiger partial charge in [0.15, 0.2) is 5.16 Å². The number of methoxy groups -OCH3 is 1. The smallest absolute Gasteiger partial charge is 0.413 e. The summed E-state index contributed by atoms with van der Waals surface area (Å²) in [5, 5.41) is 2.80. The first-order chi connectivity index (χ1) is 13.9. The number of aromatic nitrogens is 2. The first-order valence-electron chi connectivity index (χ1n) is 9.13. The Morgan fingerprint density at radius 2 is 2.00 bits per heavy atom. The van der Waals surface area contributed by atoms with E-state index >= 15 is 0 Å². The highest BCUT2D eigenvalue weighted by Gasteiger charge is 2.16. The number of imide groups is 1. The molecule has 0 bridgehead atoms. The molecular weight excluding hydrogens is 398 g/mol. The van der Waals surface area contributed by atoms with E-state index in [9.17, 15) is 19.2 Å². The number of unbranched alkanes of at least 4 members (excludes halogenated alkanes) is 1. The van der Waals surface area contributed by atoms with Crippen LogP contribution in [0.25, 0.3) is 10.9 Å². The lowest BCUT2D eigenvalue weighted by Gasteiger charge is -2.13. The van der Waals surface area contributed by atoms with E-state index in [1.807, 2.05) is 6.92 Å². The van der Waals surface area contributed by atoms with E-state index in [2.05, 4.69) is 15.0 Å². The van der Waals surface area contributed by atoms with Crippen molar-refractivity contribution in [2.45, 2.75) is 38.4 Å². The fraction of sp³-hybridized carbons (Fsp3) is 0.421. The maximum absolute atomic E-state index is 12.9. The maximum Gasteiger partial charge on any atom is 0.413 e. The van der Waals surface area contributed by atoms with Crippen LogP contribution in [0.1, 0.15) is 37.0 Å². The highest BCUT2D eigenvalue weighted by molar-refractivity contribution is 7.99. The fourth-order valence-electron chi connectivity index (χ4n) is 2.52. The van der Waals surface area contributed by atoms with Crippen LogP contribution < -0.4 is 10.9 Å². The molecule has 29 heavy (non-hydrogen) atoms. The second kappa shape index (κ2) is 10.6. The van der Waals surface area contributed by atoms with E-state index in [0.29, 0.717) is 22.6 Å². The van der Waals surface area contributed by atoms with Crippen LogP contribution in [0.5, 0.6) is 0 Å². The number of fused-ring (bicyclic) bond motifs is 1. The summed E-state index contributed by atoms with van der Waals surface area (Å²) in [5.41, 5.74) is 0.348. The zero-order valence-electron chi connectivity index (χ0n) is 16.5. The lowest BCUT2D eigenvalue weighted by atomic mass is 10.1. The predicted molar refractivity (Wildman–Crippen MR) is 108 cm³/mol. The number of alkyl carbamates (subject to hydrolysis) is 1. The fourth-order valence-corrected chi connectivity index (χ4v) is 3.34. The van der Waals surface area contributed by atoms with Crippen molar-refractivity contribution in [3.63, 3.8) is 0 Å². The number of thioether (sulfide) groups is 1. The number of amides is 2. The molecule has 0 saturated carbocycles. The molecular formula is C19H23N3O6S. The Morgan fingerprint density at radius 1 is 1.24 bits per heavy atom. The van der Waals surface area contributed by atoms with Crippen molar-refractivity contribution in [3.05, 3.63) is 34.1 Å². The van der Waals surface area contributed by atoms with Gasteiger partial charge in [0, 0.05) is 6.54 Å². The van der Waals surface area contributed by atoms with Gasteiger partial charge in [-0.15, -0.1) is 0 Å². The number of carbonyl (C=O) groups is 3. The molecule has 1 aromatic carbocycles. The number of ether oxygens (including phenoxy) is 2. The summed E-state index contributed by atoms with van der Waals surface area (Å²) in [6.45, 7) is 4.23. The third-order valence-corrected chi connectivity index (χ3v) is 4.90. The minimum absolute atomic E-state index is 0.125. The third-order valence-electron chi connectivity index (χ3n) is 3.93. The Balaban J connectivity index is 2.36. The van der Waals surface area contributed by atoms with E-state index in [4.69, 9.17) is 4.74 Å². The predicted octanol–water partition coefficient (Wildman–Crippen LogP) is 2.35. The monoisotopic (exact) mass is 421 g/mol. The number of esters is 1. The molecule has 0 unspecified atom stereocenters. The molecule has 2 amide bonds. The Bertz CT molecular complexity index is 972. The molecule has 1 aromatic heterocycles. The number of carbonyl (C=O) groups excluding carboxylic acids is 3. The summed E-state index contributed by atoms with van der Waals surface area (Å²) >= 11 is 1.03. The van der Waals surface area contributed by atoms with Crippen molar-refractivity contribution in [2.24, 2.45) is 0 Å². The van der Waals surface area contributed by atoms with Gasteiger partial charge in [-0.25, -0.2) is 14.6 Å². The van der Waals surface area contributed by atoms with Gasteiger partial charge in [-0.05, 0) is 31.5 Å². The van der Waals surface area contributed by atoms with Crippen molar-refractivity contribution < 1.29 is 23.9 Å². The molecule has 9 nitrogen and oxygen atoms in total. The molecule has 0 aliphatic rings. The van der Waals surface area contributed by atoms with Crippen LogP contribution in [0, 0.1) is 0 Å². The topological polar surface area (TPSA) is 117 Å². The number of hydrogen-bond donors (Lipinski definition) is 1. The van der Waals surface area contributed by atoms with E-state index in [-0.39, 0.29) is 23.5 Å². The van der Waals surface area contributed by atoms with Crippen LogP contribution in [0.3, 0.4) is 0 Å². The quantitative estimate of drug-likeness (QED) is 0.392. The molecule has 2 rings (SSSR count). The van der Waals surface area contributed by atoms with Crippen LogP contribution in [-0.4, -0.2) is 47.0 Å². The minimum atomic E-state index is -0.823. The summed E-state index contributed by atoms with van der Waals surface area (Å²) < 4.78 is 10.9. The summed E-state index contributed by atoms with van der Waals surface area (Å²) in [6, 6.07) is 4.54. The third kappa shape index (κ3) is 5.80.